The number of aromatic amines is 1. The summed E-state index contributed by atoms with van der Waals surface area (Å²) in [7, 11) is 3.77. The number of aryl methyl sites for hydroxylation is 1. The highest BCUT2D eigenvalue weighted by Crippen LogP contribution is 2.19. The molecular formula is C21H24N4O2. The van der Waals surface area contributed by atoms with Gasteiger partial charge < -0.3 is 10.3 Å². The van der Waals surface area contributed by atoms with Crippen LogP contribution in [0.15, 0.2) is 53.3 Å². The molecule has 0 saturated carbocycles. The van der Waals surface area contributed by atoms with Crippen LogP contribution in [0.5, 0.6) is 0 Å². The second-order valence-corrected chi connectivity index (χ2v) is 6.85. The molecule has 2 N–H and O–H groups in total. The number of para-hydroxylation sites is 1. The highest BCUT2D eigenvalue weighted by Gasteiger charge is 2.22. The third-order valence-electron chi connectivity index (χ3n) is 4.45. The Morgan fingerprint density at radius 1 is 1.19 bits per heavy atom. The minimum atomic E-state index is -0.367. The SMILES string of the molecule is Cc1cccc([C@@H](C(=O)NCCc2nc3ccccc3c(=O)[nH]2)N(C)C)c1. The maximum atomic E-state index is 12.7. The lowest BCUT2D eigenvalue weighted by atomic mass is 10.0. The number of carbonyl (C=O) groups excluding carboxylic acids is 1. The van der Waals surface area contributed by atoms with Crippen molar-refractivity contribution in [3.63, 3.8) is 0 Å². The first-order valence-corrected chi connectivity index (χ1v) is 8.94. The lowest BCUT2D eigenvalue weighted by Crippen LogP contribution is -2.38. The minimum absolute atomic E-state index is 0.0752. The molecule has 0 aliphatic heterocycles. The van der Waals surface area contributed by atoms with Crippen molar-refractivity contribution in [2.24, 2.45) is 0 Å². The van der Waals surface area contributed by atoms with E-state index in [-0.39, 0.29) is 17.5 Å². The molecule has 1 aromatic heterocycles. The molecule has 140 valence electrons. The summed E-state index contributed by atoms with van der Waals surface area (Å²) in [6.07, 6.45) is 0.458. The molecule has 1 atom stereocenters. The van der Waals surface area contributed by atoms with E-state index in [1.807, 2.05) is 68.4 Å². The van der Waals surface area contributed by atoms with Crippen molar-refractivity contribution in [1.29, 1.82) is 0 Å². The summed E-state index contributed by atoms with van der Waals surface area (Å²) in [5.74, 6) is 0.490. The second kappa shape index (κ2) is 8.14. The van der Waals surface area contributed by atoms with Crippen LogP contribution < -0.4 is 10.9 Å². The molecule has 0 aliphatic carbocycles. The van der Waals surface area contributed by atoms with Crippen LogP contribution in [0.1, 0.15) is 23.0 Å². The van der Waals surface area contributed by atoms with Crippen LogP contribution in [0, 0.1) is 6.92 Å². The molecule has 0 unspecified atom stereocenters. The number of nitrogens with zero attached hydrogens (tertiary/aromatic N) is 2. The third kappa shape index (κ3) is 4.41. The Balaban J connectivity index is 1.68. The quantitative estimate of drug-likeness (QED) is 0.703. The summed E-state index contributed by atoms with van der Waals surface area (Å²) in [5.41, 5.74) is 2.57. The van der Waals surface area contributed by atoms with E-state index in [1.54, 1.807) is 6.07 Å². The minimum Gasteiger partial charge on any atom is -0.354 e. The smallest absolute Gasteiger partial charge is 0.258 e. The zero-order chi connectivity index (χ0) is 19.4. The lowest BCUT2D eigenvalue weighted by Gasteiger charge is -2.24. The first-order valence-electron chi connectivity index (χ1n) is 8.94. The molecule has 1 amide bonds. The van der Waals surface area contributed by atoms with Gasteiger partial charge in [0.15, 0.2) is 0 Å². The molecule has 0 aliphatic rings. The number of benzene rings is 2. The number of amides is 1. The van der Waals surface area contributed by atoms with Crippen LogP contribution in [0.3, 0.4) is 0 Å². The molecule has 27 heavy (non-hydrogen) atoms. The predicted octanol–water partition coefficient (Wildman–Crippen LogP) is 2.19. The lowest BCUT2D eigenvalue weighted by molar-refractivity contribution is -0.125. The molecule has 0 bridgehead atoms. The van der Waals surface area contributed by atoms with Gasteiger partial charge in [-0.2, -0.15) is 0 Å². The Hall–Kier alpha value is -2.99. The van der Waals surface area contributed by atoms with E-state index < -0.39 is 0 Å². The zero-order valence-corrected chi connectivity index (χ0v) is 15.8. The van der Waals surface area contributed by atoms with Gasteiger partial charge in [0.05, 0.1) is 10.9 Å². The number of nitrogens with one attached hydrogen (secondary N) is 2. The van der Waals surface area contributed by atoms with E-state index in [9.17, 15) is 9.59 Å². The summed E-state index contributed by atoms with van der Waals surface area (Å²) >= 11 is 0. The number of fused-ring (bicyclic) bond motifs is 1. The molecule has 6 heteroatoms. The highest BCUT2D eigenvalue weighted by molar-refractivity contribution is 5.83. The number of H-pyrrole nitrogens is 1. The van der Waals surface area contributed by atoms with Gasteiger partial charge in [-0.3, -0.25) is 14.5 Å². The van der Waals surface area contributed by atoms with Gasteiger partial charge in [-0.05, 0) is 38.7 Å². The van der Waals surface area contributed by atoms with Crippen molar-refractivity contribution in [2.45, 2.75) is 19.4 Å². The van der Waals surface area contributed by atoms with Crippen LogP contribution >= 0.6 is 0 Å². The fraction of sp³-hybridized carbons (Fsp3) is 0.286. The van der Waals surface area contributed by atoms with Gasteiger partial charge in [-0.25, -0.2) is 4.98 Å². The number of hydrogen-bond acceptors (Lipinski definition) is 4. The van der Waals surface area contributed by atoms with Gasteiger partial charge in [-0.15, -0.1) is 0 Å². The van der Waals surface area contributed by atoms with E-state index in [0.29, 0.717) is 29.7 Å². The van der Waals surface area contributed by atoms with Crippen molar-refractivity contribution >= 4 is 16.8 Å². The van der Waals surface area contributed by atoms with Crippen LogP contribution in [0.4, 0.5) is 0 Å². The Labute approximate surface area is 158 Å². The van der Waals surface area contributed by atoms with Gasteiger partial charge >= 0.3 is 0 Å². The Kier molecular flexibility index (Phi) is 5.66. The summed E-state index contributed by atoms with van der Waals surface area (Å²) in [5, 5.41) is 3.52. The van der Waals surface area contributed by atoms with Crippen molar-refractivity contribution in [1.82, 2.24) is 20.2 Å². The summed E-state index contributed by atoms with van der Waals surface area (Å²) in [6, 6.07) is 14.8. The van der Waals surface area contributed by atoms with Crippen molar-refractivity contribution < 1.29 is 4.79 Å². The van der Waals surface area contributed by atoms with E-state index in [4.69, 9.17) is 0 Å². The highest BCUT2D eigenvalue weighted by atomic mass is 16.2. The van der Waals surface area contributed by atoms with Crippen molar-refractivity contribution in [3.05, 3.63) is 75.8 Å². The first kappa shape index (κ1) is 18.8. The van der Waals surface area contributed by atoms with Gasteiger partial charge in [0.25, 0.3) is 5.56 Å². The van der Waals surface area contributed by atoms with Crippen LogP contribution in [-0.2, 0) is 11.2 Å². The zero-order valence-electron chi connectivity index (χ0n) is 15.8. The largest absolute Gasteiger partial charge is 0.354 e. The predicted molar refractivity (Wildman–Crippen MR) is 107 cm³/mol. The van der Waals surface area contributed by atoms with E-state index in [1.165, 1.54) is 0 Å². The van der Waals surface area contributed by atoms with Crippen molar-refractivity contribution in [2.75, 3.05) is 20.6 Å². The fourth-order valence-corrected chi connectivity index (χ4v) is 3.18. The molecule has 2 aromatic carbocycles. The molecule has 6 nitrogen and oxygen atoms in total. The molecule has 0 spiro atoms. The fourth-order valence-electron chi connectivity index (χ4n) is 3.18. The number of aromatic nitrogens is 2. The third-order valence-corrected chi connectivity index (χ3v) is 4.45. The molecule has 1 heterocycles. The second-order valence-electron chi connectivity index (χ2n) is 6.85. The van der Waals surface area contributed by atoms with Crippen LogP contribution in [0.25, 0.3) is 10.9 Å². The number of hydrogen-bond donors (Lipinski definition) is 2. The number of rotatable bonds is 6. The molecule has 3 rings (SSSR count). The normalized spacial score (nSPS) is 12.3. The van der Waals surface area contributed by atoms with Gasteiger partial charge in [0, 0.05) is 13.0 Å². The topological polar surface area (TPSA) is 78.1 Å². The van der Waals surface area contributed by atoms with Gasteiger partial charge in [0.1, 0.15) is 11.9 Å². The maximum absolute atomic E-state index is 12.7. The average Bonchev–Trinajstić information content (AvgIpc) is 2.62. The molecule has 0 radical (unpaired) electrons. The van der Waals surface area contributed by atoms with Gasteiger partial charge in [-0.1, -0.05) is 42.0 Å². The van der Waals surface area contributed by atoms with E-state index in [2.05, 4.69) is 15.3 Å². The standard InChI is InChI=1S/C21H24N4O2/c1-14-7-6-8-15(13-14)19(25(2)3)21(27)22-12-11-18-23-17-10-5-4-9-16(17)20(26)24-18/h4-10,13,19H,11-12H2,1-3H3,(H,22,27)(H,23,24,26)/t19-/m0/s1. The summed E-state index contributed by atoms with van der Waals surface area (Å²) in [6.45, 7) is 2.41. The Bertz CT molecular complexity index is 1010. The molecule has 0 saturated heterocycles. The summed E-state index contributed by atoms with van der Waals surface area (Å²) < 4.78 is 0. The Morgan fingerprint density at radius 2 is 1.96 bits per heavy atom. The maximum Gasteiger partial charge on any atom is 0.258 e. The van der Waals surface area contributed by atoms with Crippen LogP contribution in [0.2, 0.25) is 0 Å². The number of likely N-dealkylation sites (N-methyl/N-ethyl adjacent to an activating group) is 1. The van der Waals surface area contributed by atoms with Crippen molar-refractivity contribution in [3.8, 4) is 0 Å². The molecule has 0 fully saturated rings. The van der Waals surface area contributed by atoms with Crippen LogP contribution in [-0.4, -0.2) is 41.4 Å². The molecule has 3 aromatic rings. The Morgan fingerprint density at radius 3 is 2.70 bits per heavy atom. The van der Waals surface area contributed by atoms with E-state index in [0.717, 1.165) is 11.1 Å². The summed E-state index contributed by atoms with van der Waals surface area (Å²) in [4.78, 5) is 34.0. The van der Waals surface area contributed by atoms with Gasteiger partial charge in [0.2, 0.25) is 5.91 Å². The first-order chi connectivity index (χ1) is 13.0. The molecular weight excluding hydrogens is 340 g/mol. The van der Waals surface area contributed by atoms with E-state index >= 15 is 0 Å². The average molecular weight is 364 g/mol. The monoisotopic (exact) mass is 364 g/mol. The number of carbonyl (C=O) groups is 1.